The molecule has 124 valence electrons. The molecule has 1 atom stereocenters. The predicted molar refractivity (Wildman–Crippen MR) is 74.6 cm³/mol. The fraction of sp³-hybridized carbons (Fsp3) is 0.214. The van der Waals surface area contributed by atoms with Crippen molar-refractivity contribution >= 4 is 22.0 Å². The van der Waals surface area contributed by atoms with Gasteiger partial charge < -0.3 is 10.1 Å². The third-order valence-electron chi connectivity index (χ3n) is 2.93. The highest BCUT2D eigenvalue weighted by atomic mass is 79.9. The van der Waals surface area contributed by atoms with E-state index in [1.54, 1.807) is 24.3 Å². The number of halogens is 6. The van der Waals surface area contributed by atoms with Crippen LogP contribution in [0.1, 0.15) is 5.56 Å². The lowest BCUT2D eigenvalue weighted by Crippen LogP contribution is -2.41. The van der Waals surface area contributed by atoms with Gasteiger partial charge in [-0.1, -0.05) is 28.1 Å². The Labute approximate surface area is 135 Å². The second kappa shape index (κ2) is 6.69. The third kappa shape index (κ3) is 3.90. The lowest BCUT2D eigenvalue weighted by Gasteiger charge is -2.26. The van der Waals surface area contributed by atoms with Gasteiger partial charge in [-0.15, -0.1) is 0 Å². The first-order chi connectivity index (χ1) is 10.7. The van der Waals surface area contributed by atoms with Crippen molar-refractivity contribution in [3.8, 4) is 0 Å². The number of alkyl halides is 2. The summed E-state index contributed by atoms with van der Waals surface area (Å²) in [6.45, 7) is -0.0523. The van der Waals surface area contributed by atoms with Crippen molar-refractivity contribution < 1.29 is 31.5 Å². The van der Waals surface area contributed by atoms with Crippen molar-refractivity contribution in [1.82, 2.24) is 5.32 Å². The molecular weight excluding hydrogens is 389 g/mol. The van der Waals surface area contributed by atoms with Gasteiger partial charge in [-0.05, 0) is 17.7 Å². The van der Waals surface area contributed by atoms with Crippen molar-refractivity contribution in [2.24, 2.45) is 0 Å². The normalized spacial score (nSPS) is 20.1. The van der Waals surface area contributed by atoms with E-state index in [4.69, 9.17) is 0 Å². The van der Waals surface area contributed by atoms with Gasteiger partial charge in [0.1, 0.15) is 0 Å². The van der Waals surface area contributed by atoms with Crippen molar-refractivity contribution in [2.75, 3.05) is 0 Å². The molecule has 0 aromatic heterocycles. The predicted octanol–water partition coefficient (Wildman–Crippen LogP) is 4.70. The van der Waals surface area contributed by atoms with Gasteiger partial charge in [-0.2, -0.15) is 8.78 Å². The van der Waals surface area contributed by atoms with Gasteiger partial charge in [0.2, 0.25) is 5.83 Å². The minimum atomic E-state index is -4.48. The number of hydrogen-bond donors (Lipinski definition) is 1. The standard InChI is InChI=1S/C14H9BrF5NO2/c15-8-3-1-7(2-4-8)6-21-13(22)23-10-5-9(16)11(17)12(18)14(10,19)20/h1-5,10H,6H2,(H,21,22). The molecule has 3 nitrogen and oxygen atoms in total. The van der Waals surface area contributed by atoms with Crippen LogP contribution in [0, 0.1) is 0 Å². The molecule has 9 heteroatoms. The maximum Gasteiger partial charge on any atom is 0.408 e. The molecule has 1 aromatic carbocycles. The molecule has 1 amide bonds. The molecule has 1 aliphatic carbocycles. The van der Waals surface area contributed by atoms with Gasteiger partial charge >= 0.3 is 12.0 Å². The molecular formula is C14H9BrF5NO2. The van der Waals surface area contributed by atoms with Crippen LogP contribution in [-0.4, -0.2) is 18.1 Å². The van der Waals surface area contributed by atoms with Crippen LogP contribution in [0.15, 0.2) is 52.3 Å². The highest BCUT2D eigenvalue weighted by Gasteiger charge is 2.52. The van der Waals surface area contributed by atoms with E-state index in [1.165, 1.54) is 0 Å². The Morgan fingerprint density at radius 1 is 1.22 bits per heavy atom. The third-order valence-corrected chi connectivity index (χ3v) is 3.46. The minimum absolute atomic E-state index is 0.0115. The molecule has 1 unspecified atom stereocenters. The van der Waals surface area contributed by atoms with Gasteiger partial charge in [0.25, 0.3) is 0 Å². The second-order valence-electron chi connectivity index (χ2n) is 4.57. The number of nitrogens with one attached hydrogen (secondary N) is 1. The highest BCUT2D eigenvalue weighted by Crippen LogP contribution is 2.41. The zero-order chi connectivity index (χ0) is 17.2. The van der Waals surface area contributed by atoms with E-state index in [0.717, 1.165) is 4.47 Å². The van der Waals surface area contributed by atoms with Crippen LogP contribution in [0.5, 0.6) is 0 Å². The van der Waals surface area contributed by atoms with Crippen molar-refractivity contribution in [3.63, 3.8) is 0 Å². The van der Waals surface area contributed by atoms with E-state index in [-0.39, 0.29) is 12.6 Å². The maximum absolute atomic E-state index is 13.5. The summed E-state index contributed by atoms with van der Waals surface area (Å²) in [5, 5.41) is 2.15. The summed E-state index contributed by atoms with van der Waals surface area (Å²) >= 11 is 3.21. The maximum atomic E-state index is 13.5. The average molecular weight is 398 g/mol. The topological polar surface area (TPSA) is 38.3 Å². The summed E-state index contributed by atoms with van der Waals surface area (Å²) < 4.78 is 70.8. The van der Waals surface area contributed by atoms with Crippen LogP contribution in [-0.2, 0) is 11.3 Å². The first-order valence-electron chi connectivity index (χ1n) is 6.22. The highest BCUT2D eigenvalue weighted by molar-refractivity contribution is 9.10. The summed E-state index contributed by atoms with van der Waals surface area (Å²) in [5.41, 5.74) is 0.638. The number of carbonyl (C=O) groups is 1. The monoisotopic (exact) mass is 397 g/mol. The van der Waals surface area contributed by atoms with Gasteiger partial charge in [0.15, 0.2) is 17.8 Å². The molecule has 0 heterocycles. The number of allylic oxidation sites excluding steroid dienone is 2. The largest absolute Gasteiger partial charge is 0.435 e. The Bertz CT molecular complexity index is 672. The van der Waals surface area contributed by atoms with E-state index in [9.17, 15) is 26.7 Å². The number of alkyl carbamates (subject to hydrolysis) is 1. The molecule has 0 saturated carbocycles. The number of ether oxygens (including phenoxy) is 1. The van der Waals surface area contributed by atoms with Crippen molar-refractivity contribution in [1.29, 1.82) is 0 Å². The summed E-state index contributed by atoms with van der Waals surface area (Å²) in [7, 11) is 0. The zero-order valence-electron chi connectivity index (χ0n) is 11.3. The molecule has 1 N–H and O–H groups in total. The van der Waals surface area contributed by atoms with Gasteiger partial charge in [0, 0.05) is 17.1 Å². The molecule has 0 radical (unpaired) electrons. The molecule has 2 rings (SSSR count). The Morgan fingerprint density at radius 3 is 2.43 bits per heavy atom. The molecule has 0 saturated heterocycles. The van der Waals surface area contributed by atoms with Gasteiger partial charge in [-0.25, -0.2) is 18.0 Å². The Hall–Kier alpha value is -1.90. The van der Waals surface area contributed by atoms with Crippen LogP contribution < -0.4 is 5.32 Å². The second-order valence-corrected chi connectivity index (χ2v) is 5.49. The van der Waals surface area contributed by atoms with E-state index >= 15 is 0 Å². The van der Waals surface area contributed by atoms with Gasteiger partial charge in [0.05, 0.1) is 0 Å². The summed E-state index contributed by atoms with van der Waals surface area (Å²) in [6.07, 6.45) is -3.89. The number of amides is 1. The van der Waals surface area contributed by atoms with Gasteiger partial charge in [-0.3, -0.25) is 0 Å². The summed E-state index contributed by atoms with van der Waals surface area (Å²) in [6, 6.07) is 6.69. The molecule has 23 heavy (non-hydrogen) atoms. The first kappa shape index (κ1) is 17.5. The number of hydrogen-bond acceptors (Lipinski definition) is 2. The Morgan fingerprint density at radius 2 is 1.83 bits per heavy atom. The lowest BCUT2D eigenvalue weighted by molar-refractivity contribution is -0.0806. The quantitative estimate of drug-likeness (QED) is 0.750. The van der Waals surface area contributed by atoms with Crippen LogP contribution in [0.4, 0.5) is 26.7 Å². The number of benzene rings is 1. The molecule has 1 aliphatic rings. The Kier molecular flexibility index (Phi) is 5.08. The van der Waals surface area contributed by atoms with Crippen LogP contribution >= 0.6 is 15.9 Å². The van der Waals surface area contributed by atoms with Crippen LogP contribution in [0.2, 0.25) is 0 Å². The average Bonchev–Trinajstić information content (AvgIpc) is 2.50. The van der Waals surface area contributed by atoms with Crippen molar-refractivity contribution in [2.45, 2.75) is 18.6 Å². The SMILES string of the molecule is O=C(NCc1ccc(Br)cc1)OC1C=C(F)C(F)=C(F)C1(F)F. The fourth-order valence-corrected chi connectivity index (χ4v) is 1.99. The Balaban J connectivity index is 1.99. The van der Waals surface area contributed by atoms with Crippen LogP contribution in [0.3, 0.4) is 0 Å². The van der Waals surface area contributed by atoms with E-state index < -0.39 is 35.6 Å². The summed E-state index contributed by atoms with van der Waals surface area (Å²) in [4.78, 5) is 11.5. The lowest BCUT2D eigenvalue weighted by atomic mass is 10.0. The van der Waals surface area contributed by atoms with E-state index in [0.29, 0.717) is 5.56 Å². The molecule has 0 aliphatic heterocycles. The smallest absolute Gasteiger partial charge is 0.408 e. The first-order valence-corrected chi connectivity index (χ1v) is 7.01. The molecule has 0 spiro atoms. The minimum Gasteiger partial charge on any atom is -0.435 e. The summed E-state index contributed by atoms with van der Waals surface area (Å²) in [5.74, 6) is -11.2. The van der Waals surface area contributed by atoms with Crippen molar-refractivity contribution in [3.05, 3.63) is 57.9 Å². The zero-order valence-corrected chi connectivity index (χ0v) is 12.8. The van der Waals surface area contributed by atoms with E-state index in [2.05, 4.69) is 26.0 Å². The van der Waals surface area contributed by atoms with E-state index in [1.807, 2.05) is 0 Å². The fourth-order valence-electron chi connectivity index (χ4n) is 1.73. The molecule has 0 bridgehead atoms. The molecule has 0 fully saturated rings. The molecule has 1 aromatic rings. The number of carbonyl (C=O) groups excluding carboxylic acids is 1. The van der Waals surface area contributed by atoms with Crippen LogP contribution in [0.25, 0.3) is 0 Å². The number of rotatable bonds is 3.